The number of benzene rings is 1. The summed E-state index contributed by atoms with van der Waals surface area (Å²) in [6.45, 7) is 0. The molecule has 24 heavy (non-hydrogen) atoms. The zero-order valence-corrected chi connectivity index (χ0v) is 14.1. The van der Waals surface area contributed by atoms with E-state index in [4.69, 9.17) is 0 Å². The van der Waals surface area contributed by atoms with Crippen LogP contribution in [0.2, 0.25) is 0 Å². The molecule has 0 amide bonds. The van der Waals surface area contributed by atoms with Gasteiger partial charge < -0.3 is 5.32 Å². The van der Waals surface area contributed by atoms with Crippen molar-refractivity contribution in [3.8, 4) is 6.07 Å². The Morgan fingerprint density at radius 1 is 1.33 bits per heavy atom. The van der Waals surface area contributed by atoms with Crippen molar-refractivity contribution < 1.29 is 4.79 Å². The van der Waals surface area contributed by atoms with Crippen LogP contribution >= 0.6 is 11.8 Å². The normalized spacial score (nSPS) is 19.3. The van der Waals surface area contributed by atoms with Gasteiger partial charge in [0, 0.05) is 22.6 Å². The lowest BCUT2D eigenvalue weighted by Crippen LogP contribution is -2.31. The van der Waals surface area contributed by atoms with E-state index in [0.29, 0.717) is 17.8 Å². The molecule has 120 valence electrons. The quantitative estimate of drug-likeness (QED) is 0.850. The zero-order chi connectivity index (χ0) is 16.7. The molecule has 6 heteroatoms. The van der Waals surface area contributed by atoms with E-state index in [1.807, 2.05) is 18.4 Å². The first kappa shape index (κ1) is 15.0. The van der Waals surface area contributed by atoms with Gasteiger partial charge >= 0.3 is 0 Å². The molecule has 1 aromatic carbocycles. The van der Waals surface area contributed by atoms with E-state index in [0.717, 1.165) is 29.7 Å². The minimum absolute atomic E-state index is 0.169. The first-order valence-corrected chi connectivity index (χ1v) is 9.10. The van der Waals surface area contributed by atoms with Gasteiger partial charge in [-0.25, -0.2) is 4.68 Å². The summed E-state index contributed by atoms with van der Waals surface area (Å²) >= 11 is 1.68. The van der Waals surface area contributed by atoms with Crippen molar-refractivity contribution in [2.75, 3.05) is 11.6 Å². The second kappa shape index (κ2) is 5.84. The summed E-state index contributed by atoms with van der Waals surface area (Å²) < 4.78 is 1.77. The van der Waals surface area contributed by atoms with Crippen molar-refractivity contribution in [2.24, 2.45) is 0 Å². The highest BCUT2D eigenvalue weighted by Crippen LogP contribution is 2.41. The number of Topliss-reactive ketones (excluding diaryl/α,β-unsaturated/α-hetero) is 1. The Kier molecular flexibility index (Phi) is 3.66. The molecule has 0 saturated carbocycles. The summed E-state index contributed by atoms with van der Waals surface area (Å²) in [6.07, 6.45) is 5.85. The van der Waals surface area contributed by atoms with Crippen LogP contribution in [0.1, 0.15) is 36.4 Å². The number of nitrogens with zero attached hydrogens (tertiary/aromatic N) is 3. The van der Waals surface area contributed by atoms with Gasteiger partial charge in [-0.15, -0.1) is 11.8 Å². The molecular weight excluding hydrogens is 320 g/mol. The fourth-order valence-electron chi connectivity index (χ4n) is 3.43. The molecule has 0 bridgehead atoms. The number of allylic oxidation sites excluding steroid dienone is 2. The lowest BCUT2D eigenvalue weighted by atomic mass is 9.85. The minimum Gasteiger partial charge on any atom is -0.342 e. The van der Waals surface area contributed by atoms with Crippen LogP contribution in [0.3, 0.4) is 0 Å². The second-order valence-electron chi connectivity index (χ2n) is 5.93. The first-order valence-electron chi connectivity index (χ1n) is 7.87. The Labute approximate surface area is 144 Å². The predicted octanol–water partition coefficient (Wildman–Crippen LogP) is 3.50. The number of carbonyl (C=O) groups excluding carboxylic acids is 1. The number of rotatable bonds is 2. The number of thioether (sulfide) groups is 1. The van der Waals surface area contributed by atoms with Gasteiger partial charge in [-0.3, -0.25) is 4.79 Å². The molecule has 0 radical (unpaired) electrons. The summed E-state index contributed by atoms with van der Waals surface area (Å²) in [4.78, 5) is 13.8. The zero-order valence-electron chi connectivity index (χ0n) is 13.2. The molecular formula is C18H16N4OS. The highest BCUT2D eigenvalue weighted by Gasteiger charge is 2.36. The summed E-state index contributed by atoms with van der Waals surface area (Å²) in [7, 11) is 0. The van der Waals surface area contributed by atoms with Crippen molar-refractivity contribution in [3.63, 3.8) is 0 Å². The SMILES string of the molecule is CSc1ccc(C2C3=C(CCCC3=O)Nc3c(C#N)cnn32)cc1. The maximum Gasteiger partial charge on any atom is 0.163 e. The van der Waals surface area contributed by atoms with Gasteiger partial charge in [0.25, 0.3) is 0 Å². The van der Waals surface area contributed by atoms with E-state index in [9.17, 15) is 10.1 Å². The topological polar surface area (TPSA) is 70.7 Å². The number of hydrogen-bond donors (Lipinski definition) is 1. The Morgan fingerprint density at radius 2 is 2.12 bits per heavy atom. The highest BCUT2D eigenvalue weighted by atomic mass is 32.2. The van der Waals surface area contributed by atoms with Crippen LogP contribution in [0, 0.1) is 11.3 Å². The fourth-order valence-corrected chi connectivity index (χ4v) is 3.84. The molecule has 1 aromatic heterocycles. The average Bonchev–Trinajstić information content (AvgIpc) is 3.03. The van der Waals surface area contributed by atoms with E-state index in [1.54, 1.807) is 22.6 Å². The molecule has 5 nitrogen and oxygen atoms in total. The molecule has 2 aromatic rings. The van der Waals surface area contributed by atoms with Crippen molar-refractivity contribution >= 4 is 23.4 Å². The third-order valence-electron chi connectivity index (χ3n) is 4.59. The molecule has 2 heterocycles. The van der Waals surface area contributed by atoms with Crippen molar-refractivity contribution in [1.82, 2.24) is 9.78 Å². The number of carbonyl (C=O) groups is 1. The van der Waals surface area contributed by atoms with Gasteiger partial charge in [-0.2, -0.15) is 10.4 Å². The van der Waals surface area contributed by atoms with Gasteiger partial charge in [0.1, 0.15) is 23.5 Å². The molecule has 4 rings (SSSR count). The van der Waals surface area contributed by atoms with E-state index in [1.165, 1.54) is 4.90 Å². The minimum atomic E-state index is -0.262. The molecule has 1 unspecified atom stereocenters. The number of ketones is 1. The number of aromatic nitrogens is 2. The largest absolute Gasteiger partial charge is 0.342 e. The molecule has 1 aliphatic carbocycles. The van der Waals surface area contributed by atoms with E-state index in [-0.39, 0.29) is 11.8 Å². The van der Waals surface area contributed by atoms with Crippen molar-refractivity contribution in [3.05, 3.63) is 52.9 Å². The second-order valence-corrected chi connectivity index (χ2v) is 6.81. The first-order chi connectivity index (χ1) is 11.7. The van der Waals surface area contributed by atoms with E-state index in [2.05, 4.69) is 28.6 Å². The molecule has 1 atom stereocenters. The van der Waals surface area contributed by atoms with Crippen LogP contribution < -0.4 is 5.32 Å². The van der Waals surface area contributed by atoms with Gasteiger partial charge in [0.05, 0.1) is 6.20 Å². The van der Waals surface area contributed by atoms with Crippen LogP contribution in [0.15, 0.2) is 46.6 Å². The standard InChI is InChI=1S/C18H16N4OS/c1-24-13-7-5-11(6-8-13)17-16-14(3-2-4-15(16)23)21-18-12(9-19)10-20-22(17)18/h5-8,10,17,21H,2-4H2,1H3. The maximum atomic E-state index is 12.6. The summed E-state index contributed by atoms with van der Waals surface area (Å²) in [5, 5.41) is 17.0. The summed E-state index contributed by atoms with van der Waals surface area (Å²) in [6, 6.07) is 10.1. The smallest absolute Gasteiger partial charge is 0.163 e. The number of fused-ring (bicyclic) bond motifs is 1. The molecule has 1 N–H and O–H groups in total. The number of anilines is 1. The number of hydrogen-bond acceptors (Lipinski definition) is 5. The summed E-state index contributed by atoms with van der Waals surface area (Å²) in [5.74, 6) is 0.854. The molecule has 0 fully saturated rings. The maximum absolute atomic E-state index is 12.6. The lowest BCUT2D eigenvalue weighted by Gasteiger charge is -2.33. The van der Waals surface area contributed by atoms with Gasteiger partial charge in [-0.1, -0.05) is 12.1 Å². The average molecular weight is 336 g/mol. The fraction of sp³-hybridized carbons (Fsp3) is 0.278. The molecule has 0 spiro atoms. The van der Waals surface area contributed by atoms with Crippen LogP contribution in [0.25, 0.3) is 0 Å². The van der Waals surface area contributed by atoms with Crippen LogP contribution in [-0.4, -0.2) is 21.8 Å². The highest BCUT2D eigenvalue weighted by molar-refractivity contribution is 7.98. The Balaban J connectivity index is 1.90. The molecule has 0 saturated heterocycles. The van der Waals surface area contributed by atoms with Crippen LogP contribution in [-0.2, 0) is 4.79 Å². The Bertz CT molecular complexity index is 889. The third-order valence-corrected chi connectivity index (χ3v) is 5.33. The third kappa shape index (κ3) is 2.24. The number of nitriles is 1. The van der Waals surface area contributed by atoms with Gasteiger partial charge in [0.2, 0.25) is 0 Å². The monoisotopic (exact) mass is 336 g/mol. The van der Waals surface area contributed by atoms with Gasteiger partial charge in [-0.05, 0) is 36.8 Å². The van der Waals surface area contributed by atoms with Gasteiger partial charge in [0.15, 0.2) is 5.78 Å². The van der Waals surface area contributed by atoms with Crippen molar-refractivity contribution in [2.45, 2.75) is 30.2 Å². The van der Waals surface area contributed by atoms with E-state index < -0.39 is 0 Å². The van der Waals surface area contributed by atoms with Crippen molar-refractivity contribution in [1.29, 1.82) is 5.26 Å². The van der Waals surface area contributed by atoms with Crippen LogP contribution in [0.4, 0.5) is 5.82 Å². The van der Waals surface area contributed by atoms with E-state index >= 15 is 0 Å². The van der Waals surface area contributed by atoms with Crippen LogP contribution in [0.5, 0.6) is 0 Å². The lowest BCUT2D eigenvalue weighted by molar-refractivity contribution is -0.116. The Hall–Kier alpha value is -2.52. The molecule has 2 aliphatic rings. The number of nitrogens with one attached hydrogen (secondary N) is 1. The Morgan fingerprint density at radius 3 is 2.83 bits per heavy atom. The summed E-state index contributed by atoms with van der Waals surface area (Å²) in [5.41, 5.74) is 3.25. The predicted molar refractivity (Wildman–Crippen MR) is 92.8 cm³/mol. The molecule has 1 aliphatic heterocycles.